The molecule has 0 saturated carbocycles. The maximum atomic E-state index is 12.1. The van der Waals surface area contributed by atoms with E-state index in [2.05, 4.69) is 6.07 Å². The van der Waals surface area contributed by atoms with Gasteiger partial charge < -0.3 is 14.0 Å². The monoisotopic (exact) mass is 389 g/mol. The Morgan fingerprint density at radius 2 is 2.07 bits per heavy atom. The van der Waals surface area contributed by atoms with E-state index in [-0.39, 0.29) is 6.04 Å². The van der Waals surface area contributed by atoms with Crippen LogP contribution in [0.1, 0.15) is 57.3 Å². The lowest BCUT2D eigenvalue weighted by molar-refractivity contribution is 0.111. The fourth-order valence-electron chi connectivity index (χ4n) is 4.68. The number of rotatable bonds is 4. The average Bonchev–Trinajstić information content (AvgIpc) is 3.05. The molecule has 0 amide bonds. The Morgan fingerprint density at radius 3 is 2.72 bits per heavy atom. The van der Waals surface area contributed by atoms with Gasteiger partial charge in [-0.1, -0.05) is 6.07 Å². The molecule has 0 bridgehead atoms. The first-order valence-electron chi connectivity index (χ1n) is 9.66. The highest BCUT2D eigenvalue weighted by Gasteiger charge is 2.31. The van der Waals surface area contributed by atoms with E-state index in [1.165, 1.54) is 0 Å². The van der Waals surface area contributed by atoms with Crippen molar-refractivity contribution in [3.63, 3.8) is 0 Å². The highest BCUT2D eigenvalue weighted by Crippen LogP contribution is 2.44. The summed E-state index contributed by atoms with van der Waals surface area (Å²) in [6, 6.07) is 8.02. The van der Waals surface area contributed by atoms with Crippen LogP contribution in [0.3, 0.4) is 0 Å². The number of hydrogen-bond donors (Lipinski definition) is 0. The molecule has 1 aromatic carbocycles. The van der Waals surface area contributed by atoms with E-state index in [9.17, 15) is 10.1 Å². The van der Waals surface area contributed by atoms with Crippen molar-refractivity contribution in [2.75, 3.05) is 14.2 Å². The number of aryl methyl sites for hydroxylation is 2. The molecule has 29 heavy (non-hydrogen) atoms. The van der Waals surface area contributed by atoms with Crippen LogP contribution in [0, 0.1) is 25.2 Å². The van der Waals surface area contributed by atoms with Gasteiger partial charge in [-0.2, -0.15) is 5.26 Å². The van der Waals surface area contributed by atoms with E-state index >= 15 is 0 Å². The fraction of sp³-hybridized carbons (Fsp3) is 0.348. The quantitative estimate of drug-likeness (QED) is 0.623. The maximum absolute atomic E-state index is 12.1. The normalized spacial score (nSPS) is 15.6. The van der Waals surface area contributed by atoms with Gasteiger partial charge in [-0.25, -0.2) is 4.98 Å². The lowest BCUT2D eigenvalue weighted by Gasteiger charge is -2.30. The number of ether oxygens (including phenoxy) is 2. The van der Waals surface area contributed by atoms with Crippen molar-refractivity contribution in [1.82, 2.24) is 9.55 Å². The Labute approximate surface area is 169 Å². The van der Waals surface area contributed by atoms with Gasteiger partial charge in [0.25, 0.3) is 0 Å². The molecule has 2 heterocycles. The molecule has 148 valence electrons. The molecule has 6 nitrogen and oxygen atoms in total. The fourth-order valence-corrected chi connectivity index (χ4v) is 4.68. The highest BCUT2D eigenvalue weighted by molar-refractivity contribution is 5.96. The molecular formula is C23H23N3O3. The van der Waals surface area contributed by atoms with Crippen molar-refractivity contribution >= 4 is 17.3 Å². The van der Waals surface area contributed by atoms with Crippen LogP contribution in [-0.2, 0) is 6.42 Å². The minimum Gasteiger partial charge on any atom is -0.493 e. The minimum absolute atomic E-state index is 0.0999. The minimum atomic E-state index is -0.0999. The number of hydrogen-bond acceptors (Lipinski definition) is 5. The first-order chi connectivity index (χ1) is 14.0. The van der Waals surface area contributed by atoms with E-state index in [1.54, 1.807) is 14.2 Å². The summed E-state index contributed by atoms with van der Waals surface area (Å²) in [5.41, 5.74) is 5.45. The largest absolute Gasteiger partial charge is 0.493 e. The number of nitrogens with zero attached hydrogens (tertiary/aromatic N) is 3. The summed E-state index contributed by atoms with van der Waals surface area (Å²) in [5, 5.41) is 10.6. The molecule has 0 radical (unpaired) electrons. The van der Waals surface area contributed by atoms with Gasteiger partial charge in [0.05, 0.1) is 25.8 Å². The van der Waals surface area contributed by atoms with E-state index in [4.69, 9.17) is 14.5 Å². The Balaban J connectivity index is 2.06. The number of methoxy groups -OCH3 is 2. The van der Waals surface area contributed by atoms with Crippen LogP contribution < -0.4 is 9.47 Å². The molecule has 6 heteroatoms. The number of fused-ring (bicyclic) bond motifs is 2. The average molecular weight is 389 g/mol. The number of aromatic nitrogens is 2. The van der Waals surface area contributed by atoms with Crippen molar-refractivity contribution in [3.8, 4) is 17.6 Å². The predicted molar refractivity (Wildman–Crippen MR) is 110 cm³/mol. The summed E-state index contributed by atoms with van der Waals surface area (Å²) in [4.78, 5) is 16.8. The smallest absolute Gasteiger partial charge is 0.167 e. The molecule has 1 unspecified atom stereocenters. The Bertz CT molecular complexity index is 1170. The van der Waals surface area contributed by atoms with Crippen LogP contribution in [0.2, 0.25) is 0 Å². The van der Waals surface area contributed by atoms with Crippen molar-refractivity contribution in [2.24, 2.45) is 0 Å². The second-order valence-electron chi connectivity index (χ2n) is 7.42. The Morgan fingerprint density at radius 1 is 1.28 bits per heavy atom. The summed E-state index contributed by atoms with van der Waals surface area (Å²) >= 11 is 0. The second kappa shape index (κ2) is 7.25. The van der Waals surface area contributed by atoms with Crippen molar-refractivity contribution in [3.05, 3.63) is 51.8 Å². The molecule has 1 aliphatic rings. The predicted octanol–water partition coefficient (Wildman–Crippen LogP) is 4.28. The van der Waals surface area contributed by atoms with Gasteiger partial charge in [-0.05, 0) is 56.4 Å². The molecule has 0 N–H and O–H groups in total. The highest BCUT2D eigenvalue weighted by atomic mass is 16.5. The number of benzene rings is 1. The molecule has 1 atom stereocenters. The van der Waals surface area contributed by atoms with E-state index in [0.29, 0.717) is 22.7 Å². The van der Waals surface area contributed by atoms with Crippen LogP contribution in [0.4, 0.5) is 0 Å². The molecular weight excluding hydrogens is 366 g/mol. The SMILES string of the molecule is COc1ccc2c(c1OC)CCCC2n1c(C=O)c(C#N)c2c(C)cc(C)nc21. The van der Waals surface area contributed by atoms with Gasteiger partial charge in [0, 0.05) is 16.6 Å². The van der Waals surface area contributed by atoms with Crippen molar-refractivity contribution in [1.29, 1.82) is 5.26 Å². The molecule has 2 aromatic heterocycles. The van der Waals surface area contributed by atoms with Gasteiger partial charge in [0.2, 0.25) is 0 Å². The Hall–Kier alpha value is -3.33. The molecule has 4 rings (SSSR count). The third-order valence-corrected chi connectivity index (χ3v) is 5.80. The summed E-state index contributed by atoms with van der Waals surface area (Å²) in [6.07, 6.45) is 3.45. The lowest BCUT2D eigenvalue weighted by Crippen LogP contribution is -2.20. The standard InChI is InChI=1S/C23H23N3O3/c1-13-10-14(2)25-23-21(13)17(11-24)19(12-27)26(23)18-7-5-6-16-15(18)8-9-20(28-3)22(16)29-4/h8-10,12,18H,5-7H2,1-4H3. The summed E-state index contributed by atoms with van der Waals surface area (Å²) in [6.45, 7) is 3.89. The summed E-state index contributed by atoms with van der Waals surface area (Å²) in [7, 11) is 3.27. The first-order valence-corrected chi connectivity index (χ1v) is 9.66. The zero-order chi connectivity index (χ0) is 20.7. The topological polar surface area (TPSA) is 77.1 Å². The third kappa shape index (κ3) is 2.77. The number of carbonyl (C=O) groups excluding carboxylic acids is 1. The Kier molecular flexibility index (Phi) is 4.75. The van der Waals surface area contributed by atoms with Gasteiger partial charge in [0.1, 0.15) is 17.4 Å². The lowest BCUT2D eigenvalue weighted by atomic mass is 9.86. The van der Waals surface area contributed by atoms with Crippen LogP contribution in [0.5, 0.6) is 11.5 Å². The summed E-state index contributed by atoms with van der Waals surface area (Å²) in [5.74, 6) is 1.43. The van der Waals surface area contributed by atoms with E-state index in [0.717, 1.165) is 59.1 Å². The number of pyridine rings is 1. The van der Waals surface area contributed by atoms with Gasteiger partial charge in [0.15, 0.2) is 17.8 Å². The number of carbonyl (C=O) groups is 1. The van der Waals surface area contributed by atoms with Crippen molar-refractivity contribution < 1.29 is 14.3 Å². The van der Waals surface area contributed by atoms with Gasteiger partial charge in [-0.3, -0.25) is 4.79 Å². The van der Waals surface area contributed by atoms with Crippen LogP contribution in [0.15, 0.2) is 18.2 Å². The van der Waals surface area contributed by atoms with Crippen LogP contribution in [0.25, 0.3) is 11.0 Å². The summed E-state index contributed by atoms with van der Waals surface area (Å²) < 4.78 is 13.1. The van der Waals surface area contributed by atoms with Gasteiger partial charge >= 0.3 is 0 Å². The zero-order valence-electron chi connectivity index (χ0n) is 17.1. The second-order valence-corrected chi connectivity index (χ2v) is 7.42. The van der Waals surface area contributed by atoms with Crippen molar-refractivity contribution in [2.45, 2.75) is 39.2 Å². The molecule has 3 aromatic rings. The zero-order valence-corrected chi connectivity index (χ0v) is 17.1. The maximum Gasteiger partial charge on any atom is 0.167 e. The third-order valence-electron chi connectivity index (χ3n) is 5.80. The van der Waals surface area contributed by atoms with Gasteiger partial charge in [-0.15, -0.1) is 0 Å². The van der Waals surface area contributed by atoms with Crippen LogP contribution in [-0.4, -0.2) is 30.1 Å². The molecule has 0 aliphatic heterocycles. The molecule has 0 saturated heterocycles. The number of nitriles is 1. The molecule has 0 fully saturated rings. The first kappa shape index (κ1) is 19.0. The van der Waals surface area contributed by atoms with Crippen LogP contribution >= 0.6 is 0 Å². The molecule has 0 spiro atoms. The number of aldehydes is 1. The molecule has 1 aliphatic carbocycles. The van der Waals surface area contributed by atoms with E-state index < -0.39 is 0 Å². The van der Waals surface area contributed by atoms with E-state index in [1.807, 2.05) is 36.6 Å².